The molecule has 234 valence electrons. The number of hydrogen-bond acceptors (Lipinski definition) is 8. The molecule has 0 unspecified atom stereocenters. The molecule has 2 saturated heterocycles. The van der Waals surface area contributed by atoms with Crippen molar-refractivity contribution in [2.24, 2.45) is 5.92 Å². The summed E-state index contributed by atoms with van der Waals surface area (Å²) in [6.07, 6.45) is 1.99. The molecule has 1 saturated carbocycles. The lowest BCUT2D eigenvalue weighted by Crippen LogP contribution is -2.37. The molecule has 2 aromatic heterocycles. The average Bonchev–Trinajstić information content (AvgIpc) is 3.68. The molecule has 1 aromatic carbocycles. The number of amides is 1. The van der Waals surface area contributed by atoms with Crippen molar-refractivity contribution in [1.29, 1.82) is 0 Å². The highest BCUT2D eigenvalue weighted by atomic mass is 19.4. The number of anilines is 3. The van der Waals surface area contributed by atoms with Crippen LogP contribution in [-0.2, 0) is 10.9 Å². The number of alkyl halides is 3. The first-order chi connectivity index (χ1) is 21.1. The third kappa shape index (κ3) is 6.55. The van der Waals surface area contributed by atoms with Crippen molar-refractivity contribution in [3.8, 4) is 11.1 Å². The van der Waals surface area contributed by atoms with Gasteiger partial charge in [0.05, 0.1) is 35.7 Å². The van der Waals surface area contributed by atoms with Gasteiger partial charge >= 0.3 is 6.18 Å². The smallest absolute Gasteiger partial charge is 0.378 e. The van der Waals surface area contributed by atoms with Crippen LogP contribution in [0.15, 0.2) is 41.6 Å². The van der Waals surface area contributed by atoms with E-state index >= 15 is 4.39 Å². The van der Waals surface area contributed by atoms with E-state index in [0.29, 0.717) is 68.6 Å². The number of carbonyl (C=O) groups excluding carboxylic acids is 1. The number of rotatable bonds is 8. The maximum atomic E-state index is 15.8. The number of aromatic amines is 1. The van der Waals surface area contributed by atoms with E-state index in [-0.39, 0.29) is 17.3 Å². The number of benzene rings is 1. The van der Waals surface area contributed by atoms with Crippen LogP contribution in [0.25, 0.3) is 11.1 Å². The molecule has 3 aromatic rings. The Morgan fingerprint density at radius 2 is 1.82 bits per heavy atom. The number of pyridine rings is 1. The van der Waals surface area contributed by atoms with Gasteiger partial charge in [-0.05, 0) is 44.4 Å². The molecule has 4 heterocycles. The van der Waals surface area contributed by atoms with Crippen LogP contribution in [0.2, 0.25) is 0 Å². The summed E-state index contributed by atoms with van der Waals surface area (Å²) in [6.45, 7) is 4.45. The summed E-state index contributed by atoms with van der Waals surface area (Å²) < 4.78 is 62.4. The van der Waals surface area contributed by atoms with E-state index in [9.17, 15) is 22.8 Å². The van der Waals surface area contributed by atoms with Crippen molar-refractivity contribution in [1.82, 2.24) is 19.9 Å². The first-order valence-corrected chi connectivity index (χ1v) is 14.6. The van der Waals surface area contributed by atoms with E-state index in [1.807, 2.05) is 9.80 Å². The summed E-state index contributed by atoms with van der Waals surface area (Å²) in [5, 5.41) is 2.58. The summed E-state index contributed by atoms with van der Waals surface area (Å²) in [7, 11) is 2.06. The van der Waals surface area contributed by atoms with E-state index in [4.69, 9.17) is 4.74 Å². The maximum absolute atomic E-state index is 15.8. The number of aromatic nitrogens is 3. The Balaban J connectivity index is 1.33. The number of carbonyl (C=O) groups is 1. The zero-order chi connectivity index (χ0) is 31.0. The van der Waals surface area contributed by atoms with Crippen LogP contribution < -0.4 is 20.7 Å². The molecule has 1 amide bonds. The molecule has 14 heteroatoms. The second-order valence-corrected chi connectivity index (χ2v) is 11.6. The van der Waals surface area contributed by atoms with Crippen LogP contribution in [0.3, 0.4) is 0 Å². The molecule has 44 heavy (non-hydrogen) atoms. The number of nitrogens with one attached hydrogen (secondary N) is 2. The molecule has 3 aliphatic rings. The molecule has 0 spiro atoms. The molecule has 0 radical (unpaired) electrons. The molecule has 1 atom stereocenters. The van der Waals surface area contributed by atoms with Crippen molar-refractivity contribution in [3.63, 3.8) is 0 Å². The van der Waals surface area contributed by atoms with Crippen molar-refractivity contribution < 1.29 is 27.1 Å². The summed E-state index contributed by atoms with van der Waals surface area (Å²) in [5.41, 5.74) is -2.20. The second kappa shape index (κ2) is 12.2. The Morgan fingerprint density at radius 3 is 2.50 bits per heavy atom. The highest BCUT2D eigenvalue weighted by Crippen LogP contribution is 2.38. The zero-order valence-electron chi connectivity index (χ0n) is 24.2. The number of hydrogen-bond donors (Lipinski definition) is 2. The van der Waals surface area contributed by atoms with Crippen LogP contribution in [-0.4, -0.2) is 84.8 Å². The van der Waals surface area contributed by atoms with E-state index in [1.165, 1.54) is 37.4 Å². The molecule has 2 aliphatic heterocycles. The van der Waals surface area contributed by atoms with Gasteiger partial charge in [-0.25, -0.2) is 14.4 Å². The van der Waals surface area contributed by atoms with Crippen LogP contribution >= 0.6 is 0 Å². The van der Waals surface area contributed by atoms with Crippen molar-refractivity contribution in [2.75, 3.05) is 68.1 Å². The highest BCUT2D eigenvalue weighted by molar-refractivity contribution is 6.07. The lowest BCUT2D eigenvalue weighted by atomic mass is 10.0. The Bertz CT molecular complexity index is 1570. The van der Waals surface area contributed by atoms with Crippen molar-refractivity contribution in [2.45, 2.75) is 31.5 Å². The van der Waals surface area contributed by atoms with Gasteiger partial charge in [-0.2, -0.15) is 13.2 Å². The number of H-pyrrole nitrogens is 1. The van der Waals surface area contributed by atoms with Crippen molar-refractivity contribution >= 4 is 23.2 Å². The van der Waals surface area contributed by atoms with Crippen LogP contribution in [0.5, 0.6) is 0 Å². The zero-order valence-corrected chi connectivity index (χ0v) is 24.2. The quantitative estimate of drug-likeness (QED) is 0.367. The van der Waals surface area contributed by atoms with E-state index in [0.717, 1.165) is 19.2 Å². The fraction of sp³-hybridized carbons (Fsp3) is 0.467. The van der Waals surface area contributed by atoms with Crippen LogP contribution in [0.1, 0.15) is 35.2 Å². The van der Waals surface area contributed by atoms with Gasteiger partial charge < -0.3 is 29.7 Å². The molecule has 0 bridgehead atoms. The third-order valence-corrected chi connectivity index (χ3v) is 8.42. The monoisotopic (exact) mass is 615 g/mol. The van der Waals surface area contributed by atoms with Crippen LogP contribution in [0.4, 0.5) is 34.9 Å². The Morgan fingerprint density at radius 1 is 1.09 bits per heavy atom. The van der Waals surface area contributed by atoms with Crippen molar-refractivity contribution in [3.05, 3.63) is 64.1 Å². The van der Waals surface area contributed by atoms with Gasteiger partial charge in [-0.1, -0.05) is 0 Å². The lowest BCUT2D eigenvalue weighted by molar-refractivity contribution is -0.138. The minimum Gasteiger partial charge on any atom is -0.378 e. The van der Waals surface area contributed by atoms with Gasteiger partial charge in [-0.15, -0.1) is 0 Å². The molecular weight excluding hydrogens is 582 g/mol. The van der Waals surface area contributed by atoms with E-state index in [1.54, 1.807) is 0 Å². The fourth-order valence-electron chi connectivity index (χ4n) is 5.79. The lowest BCUT2D eigenvalue weighted by Gasteiger charge is -2.27. The standard InChI is InChI=1S/C30H33F4N7O3/c1-39(16-18-2-3-18)20-4-5-41(17-20)26-12-24(31)21(19-13-36-29(37-14-19)40-6-8-44-9-7-40)10-25(26)38-28(43)22-15-35-27(42)11-23(22)30(32,33)34/h10-15,18,20H,2-9,16-17H2,1H3,(H,35,42)(H,38,43)/t20-/m1/s1. The van der Waals surface area contributed by atoms with Gasteiger partial charge in [-0.3, -0.25) is 9.59 Å². The average molecular weight is 616 g/mol. The van der Waals surface area contributed by atoms with Gasteiger partial charge in [0.2, 0.25) is 11.5 Å². The summed E-state index contributed by atoms with van der Waals surface area (Å²) in [6, 6.07) is 3.25. The maximum Gasteiger partial charge on any atom is 0.417 e. The van der Waals surface area contributed by atoms with E-state index < -0.39 is 34.6 Å². The molecule has 2 N–H and O–H groups in total. The first kappa shape index (κ1) is 30.0. The number of likely N-dealkylation sites (N-methyl/N-ethyl adjacent to an activating group) is 1. The molecule has 1 aliphatic carbocycles. The molecular formula is C30H33F4N7O3. The fourth-order valence-corrected chi connectivity index (χ4v) is 5.79. The summed E-state index contributed by atoms with van der Waals surface area (Å²) in [4.78, 5) is 42.1. The SMILES string of the molecule is CN(CC1CC1)[C@@H]1CCN(c2cc(F)c(-c3cnc(N4CCOCC4)nc3)cc2NC(=O)c2c[nH]c(=O)cc2C(F)(F)F)C1. The molecule has 6 rings (SSSR count). The first-order valence-electron chi connectivity index (χ1n) is 14.6. The predicted molar refractivity (Wildman–Crippen MR) is 156 cm³/mol. The van der Waals surface area contributed by atoms with Gasteiger partial charge in [0, 0.05) is 74.5 Å². The molecule has 10 nitrogen and oxygen atoms in total. The second-order valence-electron chi connectivity index (χ2n) is 11.6. The normalized spacial score (nSPS) is 19.1. The summed E-state index contributed by atoms with van der Waals surface area (Å²) >= 11 is 0. The van der Waals surface area contributed by atoms with E-state index in [2.05, 4.69) is 32.2 Å². The number of nitrogens with zero attached hydrogens (tertiary/aromatic N) is 5. The number of ether oxygens (including phenoxy) is 1. The Kier molecular flexibility index (Phi) is 8.29. The predicted octanol–water partition coefficient (Wildman–Crippen LogP) is 4.00. The van der Waals surface area contributed by atoms with Crippen LogP contribution in [0, 0.1) is 11.7 Å². The molecule has 3 fully saturated rings. The topological polar surface area (TPSA) is 107 Å². The third-order valence-electron chi connectivity index (χ3n) is 8.42. The van der Waals surface area contributed by atoms with Gasteiger partial charge in [0.1, 0.15) is 5.82 Å². The van der Waals surface area contributed by atoms with Gasteiger partial charge in [0.25, 0.3) is 5.91 Å². The largest absolute Gasteiger partial charge is 0.417 e. The Hall–Kier alpha value is -4.04. The summed E-state index contributed by atoms with van der Waals surface area (Å²) in [5.74, 6) is -0.514. The van der Waals surface area contributed by atoms with Gasteiger partial charge in [0.15, 0.2) is 0 Å². The minimum absolute atomic E-state index is 0.0803. The highest BCUT2D eigenvalue weighted by Gasteiger charge is 2.37. The number of halogens is 4. The number of morpholine rings is 1. The minimum atomic E-state index is -4.94. The Labute approximate surface area is 251 Å².